The summed E-state index contributed by atoms with van der Waals surface area (Å²) in [6.45, 7) is 1.20. The molecular weight excluding hydrogens is 315 g/mol. The second kappa shape index (κ2) is 7.61. The number of carbonyl (C=O) groups is 3. The van der Waals surface area contributed by atoms with Crippen LogP contribution in [0, 0.1) is 0 Å². The molecule has 0 aromatic heterocycles. The van der Waals surface area contributed by atoms with Gasteiger partial charge in [-0.2, -0.15) is 13.2 Å². The topological polar surface area (TPSA) is 87.3 Å². The average molecular weight is 331 g/mol. The Hall–Kier alpha value is -2.58. The van der Waals surface area contributed by atoms with Crippen molar-refractivity contribution in [3.05, 3.63) is 29.8 Å². The predicted molar refractivity (Wildman–Crippen MR) is 76.7 cm³/mol. The van der Waals surface area contributed by atoms with E-state index in [1.165, 1.54) is 38.1 Å². The van der Waals surface area contributed by atoms with Crippen molar-refractivity contribution in [2.75, 3.05) is 11.9 Å². The fourth-order valence-electron chi connectivity index (χ4n) is 1.68. The fourth-order valence-corrected chi connectivity index (χ4v) is 1.68. The zero-order valence-corrected chi connectivity index (χ0v) is 12.5. The zero-order chi connectivity index (χ0) is 17.6. The molecule has 0 heterocycles. The van der Waals surface area contributed by atoms with E-state index in [-0.39, 0.29) is 11.3 Å². The monoisotopic (exact) mass is 331 g/mol. The lowest BCUT2D eigenvalue weighted by Crippen LogP contribution is -2.41. The largest absolute Gasteiger partial charge is 0.405 e. The van der Waals surface area contributed by atoms with Gasteiger partial charge in [-0.3, -0.25) is 14.4 Å². The maximum Gasteiger partial charge on any atom is 0.405 e. The first-order valence-corrected chi connectivity index (χ1v) is 6.62. The van der Waals surface area contributed by atoms with E-state index in [2.05, 4.69) is 10.6 Å². The van der Waals surface area contributed by atoms with Crippen molar-refractivity contribution in [1.82, 2.24) is 10.6 Å². The number of anilines is 1. The molecule has 0 aliphatic rings. The second-order valence-corrected chi connectivity index (χ2v) is 4.75. The van der Waals surface area contributed by atoms with Gasteiger partial charge in [0.15, 0.2) is 0 Å². The molecule has 126 valence electrons. The summed E-state index contributed by atoms with van der Waals surface area (Å²) >= 11 is 0. The van der Waals surface area contributed by atoms with E-state index in [1.807, 2.05) is 0 Å². The molecule has 1 aromatic rings. The molecule has 9 heteroatoms. The number of hydrogen-bond acceptors (Lipinski definition) is 3. The standard InChI is InChI=1S/C14H16F3N3O3/c1-8(19-9(2)21)12(22)20-11-6-4-3-5-10(11)13(23)18-7-14(15,16)17/h3-6,8H,7H2,1-2H3,(H,18,23)(H,19,21)(H,20,22)/t8-/m0/s1. The minimum Gasteiger partial charge on any atom is -0.345 e. The minimum absolute atomic E-state index is 0.0503. The number of halogens is 3. The van der Waals surface area contributed by atoms with Gasteiger partial charge in [-0.05, 0) is 19.1 Å². The van der Waals surface area contributed by atoms with Crippen LogP contribution in [0.1, 0.15) is 24.2 Å². The number of alkyl halides is 3. The van der Waals surface area contributed by atoms with E-state index in [1.54, 1.807) is 5.32 Å². The molecule has 0 unspecified atom stereocenters. The van der Waals surface area contributed by atoms with Crippen LogP contribution in [0.2, 0.25) is 0 Å². The van der Waals surface area contributed by atoms with Crippen LogP contribution in [0.5, 0.6) is 0 Å². The summed E-state index contributed by atoms with van der Waals surface area (Å²) in [4.78, 5) is 34.6. The number of para-hydroxylation sites is 1. The maximum absolute atomic E-state index is 12.1. The third kappa shape index (κ3) is 6.37. The van der Waals surface area contributed by atoms with Crippen LogP contribution < -0.4 is 16.0 Å². The summed E-state index contributed by atoms with van der Waals surface area (Å²) in [5, 5.41) is 6.48. The Morgan fingerprint density at radius 1 is 1.17 bits per heavy atom. The van der Waals surface area contributed by atoms with E-state index in [9.17, 15) is 27.6 Å². The average Bonchev–Trinajstić information content (AvgIpc) is 2.43. The van der Waals surface area contributed by atoms with Gasteiger partial charge in [0.05, 0.1) is 11.3 Å². The molecular formula is C14H16F3N3O3. The lowest BCUT2D eigenvalue weighted by atomic mass is 10.1. The van der Waals surface area contributed by atoms with Crippen molar-refractivity contribution < 1.29 is 27.6 Å². The Morgan fingerprint density at radius 2 is 1.78 bits per heavy atom. The van der Waals surface area contributed by atoms with Crippen molar-refractivity contribution in [3.63, 3.8) is 0 Å². The molecule has 0 aliphatic carbocycles. The van der Waals surface area contributed by atoms with Crippen LogP contribution in [-0.2, 0) is 9.59 Å². The first kappa shape index (κ1) is 18.5. The fraction of sp³-hybridized carbons (Fsp3) is 0.357. The Morgan fingerprint density at radius 3 is 2.35 bits per heavy atom. The van der Waals surface area contributed by atoms with Gasteiger partial charge in [0.2, 0.25) is 11.8 Å². The summed E-state index contributed by atoms with van der Waals surface area (Å²) in [5.41, 5.74) is -0.0606. The Labute approximate surface area is 130 Å². The highest BCUT2D eigenvalue weighted by Gasteiger charge is 2.28. The van der Waals surface area contributed by atoms with E-state index in [4.69, 9.17) is 0 Å². The number of amides is 3. The van der Waals surface area contributed by atoms with Gasteiger partial charge in [0.1, 0.15) is 12.6 Å². The highest BCUT2D eigenvalue weighted by Crippen LogP contribution is 2.17. The summed E-state index contributed by atoms with van der Waals surface area (Å²) in [7, 11) is 0. The van der Waals surface area contributed by atoms with Crippen LogP contribution in [0.4, 0.5) is 18.9 Å². The quantitative estimate of drug-likeness (QED) is 0.763. The van der Waals surface area contributed by atoms with Gasteiger partial charge in [0, 0.05) is 6.92 Å². The molecule has 23 heavy (non-hydrogen) atoms. The van der Waals surface area contributed by atoms with E-state index in [0.29, 0.717) is 0 Å². The number of benzene rings is 1. The van der Waals surface area contributed by atoms with E-state index >= 15 is 0 Å². The smallest absolute Gasteiger partial charge is 0.345 e. The Bertz CT molecular complexity index is 602. The molecule has 0 fully saturated rings. The molecule has 0 saturated heterocycles. The summed E-state index contributed by atoms with van der Waals surface area (Å²) in [6, 6.07) is 4.76. The van der Waals surface area contributed by atoms with Crippen molar-refractivity contribution in [2.24, 2.45) is 0 Å². The van der Waals surface area contributed by atoms with Crippen LogP contribution in [0.3, 0.4) is 0 Å². The number of rotatable bonds is 5. The normalized spacial score (nSPS) is 12.2. The second-order valence-electron chi connectivity index (χ2n) is 4.75. The van der Waals surface area contributed by atoms with Crippen LogP contribution in [0.25, 0.3) is 0 Å². The highest BCUT2D eigenvalue weighted by molar-refractivity contribution is 6.05. The van der Waals surface area contributed by atoms with Crippen molar-refractivity contribution in [1.29, 1.82) is 0 Å². The molecule has 0 aliphatic heterocycles. The molecule has 1 aromatic carbocycles. The first-order valence-electron chi connectivity index (χ1n) is 6.62. The lowest BCUT2D eigenvalue weighted by molar-refractivity contribution is -0.124. The third-order valence-corrected chi connectivity index (χ3v) is 2.69. The molecule has 0 spiro atoms. The summed E-state index contributed by atoms with van der Waals surface area (Å²) in [6.07, 6.45) is -4.53. The van der Waals surface area contributed by atoms with Gasteiger partial charge in [-0.15, -0.1) is 0 Å². The SMILES string of the molecule is CC(=O)N[C@@H](C)C(=O)Nc1ccccc1C(=O)NCC(F)(F)F. The zero-order valence-electron chi connectivity index (χ0n) is 12.5. The van der Waals surface area contributed by atoms with Crippen LogP contribution in [-0.4, -0.2) is 36.5 Å². The third-order valence-electron chi connectivity index (χ3n) is 2.69. The summed E-state index contributed by atoms with van der Waals surface area (Å²) < 4.78 is 36.4. The van der Waals surface area contributed by atoms with Gasteiger partial charge >= 0.3 is 6.18 Å². The lowest BCUT2D eigenvalue weighted by Gasteiger charge is -2.15. The van der Waals surface area contributed by atoms with Crippen molar-refractivity contribution >= 4 is 23.4 Å². The van der Waals surface area contributed by atoms with Gasteiger partial charge in [0.25, 0.3) is 5.91 Å². The van der Waals surface area contributed by atoms with Crippen molar-refractivity contribution in [2.45, 2.75) is 26.1 Å². The molecule has 1 atom stereocenters. The molecule has 0 saturated carbocycles. The predicted octanol–water partition coefficient (Wildman–Crippen LogP) is 1.44. The summed E-state index contributed by atoms with van der Waals surface area (Å²) in [5.74, 6) is -1.98. The van der Waals surface area contributed by atoms with Gasteiger partial charge in [-0.25, -0.2) is 0 Å². The van der Waals surface area contributed by atoms with Crippen molar-refractivity contribution in [3.8, 4) is 0 Å². The molecule has 3 amide bonds. The molecule has 6 nitrogen and oxygen atoms in total. The highest BCUT2D eigenvalue weighted by atomic mass is 19.4. The molecule has 1 rings (SSSR count). The van der Waals surface area contributed by atoms with Gasteiger partial charge in [-0.1, -0.05) is 12.1 Å². The Balaban J connectivity index is 2.83. The van der Waals surface area contributed by atoms with Gasteiger partial charge < -0.3 is 16.0 Å². The molecule has 0 bridgehead atoms. The first-order chi connectivity index (χ1) is 10.6. The van der Waals surface area contributed by atoms with Crippen LogP contribution >= 0.6 is 0 Å². The molecule has 0 radical (unpaired) electrons. The van der Waals surface area contributed by atoms with Crippen LogP contribution in [0.15, 0.2) is 24.3 Å². The minimum atomic E-state index is -4.53. The Kier molecular flexibility index (Phi) is 6.11. The van der Waals surface area contributed by atoms with E-state index in [0.717, 1.165) is 0 Å². The maximum atomic E-state index is 12.1. The van der Waals surface area contributed by atoms with E-state index < -0.39 is 36.5 Å². The number of hydrogen-bond donors (Lipinski definition) is 3. The number of carbonyl (C=O) groups excluding carboxylic acids is 3. The molecule has 3 N–H and O–H groups in total. The number of nitrogens with one attached hydrogen (secondary N) is 3.